The first kappa shape index (κ1) is 20.8. The Labute approximate surface area is 184 Å². The van der Waals surface area contributed by atoms with Gasteiger partial charge in [-0.1, -0.05) is 41.1 Å². The predicted molar refractivity (Wildman–Crippen MR) is 123 cm³/mol. The molecule has 0 spiro atoms. The van der Waals surface area contributed by atoms with Crippen LogP contribution in [0.3, 0.4) is 0 Å². The number of ether oxygens (including phenoxy) is 2. The quantitative estimate of drug-likeness (QED) is 0.448. The number of fused-ring (bicyclic) bond motifs is 1. The molecule has 30 heavy (non-hydrogen) atoms. The molecule has 5 nitrogen and oxygen atoms in total. The Hall–Kier alpha value is -2.41. The second-order valence-electron chi connectivity index (χ2n) is 7.00. The van der Waals surface area contributed by atoms with Gasteiger partial charge >= 0.3 is 0 Å². The highest BCUT2D eigenvalue weighted by atomic mass is 35.5. The molecule has 2 aromatic carbocycles. The van der Waals surface area contributed by atoms with Crippen LogP contribution in [0.2, 0.25) is 5.02 Å². The van der Waals surface area contributed by atoms with Gasteiger partial charge in [-0.2, -0.15) is 0 Å². The highest BCUT2D eigenvalue weighted by Crippen LogP contribution is 2.32. The van der Waals surface area contributed by atoms with E-state index in [1.165, 1.54) is 11.3 Å². The van der Waals surface area contributed by atoms with Gasteiger partial charge in [-0.05, 0) is 55.7 Å². The Balaban J connectivity index is 1.62. The molecular weight excluding hydrogens is 420 g/mol. The molecule has 0 N–H and O–H groups in total. The maximum Gasteiger partial charge on any atom is 0.252 e. The van der Waals surface area contributed by atoms with E-state index in [1.54, 1.807) is 23.1 Å². The van der Waals surface area contributed by atoms with Crippen LogP contribution in [0.5, 0.6) is 5.75 Å². The lowest BCUT2D eigenvalue weighted by Gasteiger charge is -2.21. The number of hydrogen-bond acceptors (Lipinski definition) is 5. The summed E-state index contributed by atoms with van der Waals surface area (Å²) in [5.41, 5.74) is 1.65. The van der Waals surface area contributed by atoms with Crippen molar-refractivity contribution < 1.29 is 14.3 Å². The molecule has 0 bridgehead atoms. The monoisotopic (exact) mass is 442 g/mol. The van der Waals surface area contributed by atoms with Crippen molar-refractivity contribution in [3.8, 4) is 5.75 Å². The van der Waals surface area contributed by atoms with E-state index in [9.17, 15) is 4.79 Å². The number of nitrogens with zero attached hydrogens (tertiary/aromatic N) is 2. The molecule has 1 aliphatic heterocycles. The Morgan fingerprint density at radius 3 is 3.00 bits per heavy atom. The minimum absolute atomic E-state index is 0.0219. The number of aromatic nitrogens is 1. The van der Waals surface area contributed by atoms with Gasteiger partial charge in [0.25, 0.3) is 5.91 Å². The zero-order valence-electron chi connectivity index (χ0n) is 16.7. The zero-order chi connectivity index (χ0) is 20.9. The number of amides is 1. The Kier molecular flexibility index (Phi) is 6.67. The molecule has 1 unspecified atom stereocenters. The fourth-order valence-electron chi connectivity index (χ4n) is 3.38. The summed E-state index contributed by atoms with van der Waals surface area (Å²) in [5.74, 6) is 0.658. The van der Waals surface area contributed by atoms with Crippen molar-refractivity contribution in [1.29, 1.82) is 0 Å². The maximum atomic E-state index is 13.1. The second-order valence-corrected chi connectivity index (χ2v) is 8.41. The van der Waals surface area contributed by atoms with E-state index < -0.39 is 0 Å². The number of anilines is 1. The molecule has 1 fully saturated rings. The van der Waals surface area contributed by atoms with E-state index in [-0.39, 0.29) is 12.0 Å². The number of carbonyl (C=O) groups excluding carboxylic acids is 1. The van der Waals surface area contributed by atoms with Crippen LogP contribution in [0.15, 0.2) is 48.5 Å². The van der Waals surface area contributed by atoms with Crippen molar-refractivity contribution in [2.45, 2.75) is 25.9 Å². The lowest BCUT2D eigenvalue weighted by Crippen LogP contribution is -2.36. The first-order chi connectivity index (χ1) is 14.6. The van der Waals surface area contributed by atoms with Crippen LogP contribution < -0.4 is 9.64 Å². The molecule has 0 saturated carbocycles. The number of halogens is 1. The lowest BCUT2D eigenvalue weighted by molar-refractivity contribution is -0.114. The molecule has 1 amide bonds. The van der Waals surface area contributed by atoms with Crippen molar-refractivity contribution in [1.82, 2.24) is 4.98 Å². The minimum Gasteiger partial charge on any atom is -0.494 e. The highest BCUT2D eigenvalue weighted by molar-refractivity contribution is 7.22. The van der Waals surface area contributed by atoms with Gasteiger partial charge < -0.3 is 9.47 Å². The van der Waals surface area contributed by atoms with Crippen molar-refractivity contribution in [3.05, 3.63) is 59.1 Å². The first-order valence-electron chi connectivity index (χ1n) is 10.0. The summed E-state index contributed by atoms with van der Waals surface area (Å²) in [6.45, 7) is 3.77. The van der Waals surface area contributed by atoms with Crippen LogP contribution in [-0.4, -0.2) is 36.8 Å². The molecule has 0 aliphatic carbocycles. The molecule has 2 heterocycles. The molecule has 1 aromatic heterocycles. The fourth-order valence-corrected chi connectivity index (χ4v) is 4.59. The van der Waals surface area contributed by atoms with E-state index in [0.717, 1.165) is 41.0 Å². The molecule has 1 saturated heterocycles. The van der Waals surface area contributed by atoms with Gasteiger partial charge in [0.2, 0.25) is 0 Å². The first-order valence-corrected chi connectivity index (χ1v) is 11.2. The minimum atomic E-state index is -0.144. The third kappa shape index (κ3) is 4.83. The predicted octanol–water partition coefficient (Wildman–Crippen LogP) is 5.57. The van der Waals surface area contributed by atoms with Crippen LogP contribution in [0.1, 0.15) is 25.3 Å². The third-order valence-electron chi connectivity index (χ3n) is 4.88. The number of carbonyl (C=O) groups is 1. The van der Waals surface area contributed by atoms with E-state index in [4.69, 9.17) is 26.1 Å². The van der Waals surface area contributed by atoms with Crippen molar-refractivity contribution in [3.63, 3.8) is 0 Å². The Morgan fingerprint density at radius 2 is 2.23 bits per heavy atom. The third-order valence-corrected chi connectivity index (χ3v) is 6.26. The van der Waals surface area contributed by atoms with Gasteiger partial charge in [0.1, 0.15) is 5.75 Å². The standard InChI is InChI=1S/C23H23ClN2O3S/c1-2-28-17-10-11-20-21(14-17)30-23(25-20)26(15-18-7-5-13-29-18)22(27)12-9-16-6-3-4-8-19(16)24/h3-4,6,8-12,14,18H,2,5,7,13,15H2,1H3/b12-9+. The van der Waals surface area contributed by atoms with Crippen LogP contribution in [0.25, 0.3) is 16.3 Å². The average molecular weight is 443 g/mol. The zero-order valence-corrected chi connectivity index (χ0v) is 18.3. The van der Waals surface area contributed by atoms with Gasteiger partial charge in [0.05, 0.1) is 29.5 Å². The van der Waals surface area contributed by atoms with Gasteiger partial charge in [-0.15, -0.1) is 0 Å². The summed E-state index contributed by atoms with van der Waals surface area (Å²) in [5, 5.41) is 1.26. The van der Waals surface area contributed by atoms with E-state index in [1.807, 2.05) is 43.3 Å². The maximum absolute atomic E-state index is 13.1. The van der Waals surface area contributed by atoms with Gasteiger partial charge in [-0.25, -0.2) is 4.98 Å². The molecule has 3 aromatic rings. The molecule has 4 rings (SSSR count). The van der Waals surface area contributed by atoms with Crippen LogP contribution in [0.4, 0.5) is 5.13 Å². The highest BCUT2D eigenvalue weighted by Gasteiger charge is 2.25. The number of rotatable bonds is 7. The van der Waals surface area contributed by atoms with E-state index >= 15 is 0 Å². The molecule has 7 heteroatoms. The Morgan fingerprint density at radius 1 is 1.37 bits per heavy atom. The topological polar surface area (TPSA) is 51.7 Å². The second kappa shape index (κ2) is 9.60. The summed E-state index contributed by atoms with van der Waals surface area (Å²) in [6, 6.07) is 13.2. The SMILES string of the molecule is CCOc1ccc2nc(N(CC3CCCO3)C(=O)/C=C/c3ccccc3Cl)sc2c1. The van der Waals surface area contributed by atoms with E-state index in [2.05, 4.69) is 0 Å². The van der Waals surface area contributed by atoms with Gasteiger partial charge in [0, 0.05) is 17.7 Å². The van der Waals surface area contributed by atoms with Gasteiger partial charge in [0.15, 0.2) is 5.13 Å². The number of hydrogen-bond donors (Lipinski definition) is 0. The summed E-state index contributed by atoms with van der Waals surface area (Å²) in [6.07, 6.45) is 5.27. The average Bonchev–Trinajstić information content (AvgIpc) is 3.40. The summed E-state index contributed by atoms with van der Waals surface area (Å²) in [4.78, 5) is 19.6. The summed E-state index contributed by atoms with van der Waals surface area (Å²) in [7, 11) is 0. The molecule has 1 atom stereocenters. The van der Waals surface area contributed by atoms with Gasteiger partial charge in [-0.3, -0.25) is 9.69 Å². The smallest absolute Gasteiger partial charge is 0.252 e. The summed E-state index contributed by atoms with van der Waals surface area (Å²) >= 11 is 7.70. The molecule has 156 valence electrons. The largest absolute Gasteiger partial charge is 0.494 e. The van der Waals surface area contributed by atoms with Crippen LogP contribution in [0, 0.1) is 0 Å². The normalized spacial score (nSPS) is 16.4. The number of thiazole rings is 1. The van der Waals surface area contributed by atoms with Crippen LogP contribution >= 0.6 is 22.9 Å². The molecular formula is C23H23ClN2O3S. The summed E-state index contributed by atoms with van der Waals surface area (Å²) < 4.78 is 12.4. The number of benzene rings is 2. The Bertz CT molecular complexity index is 1060. The molecule has 0 radical (unpaired) electrons. The van der Waals surface area contributed by atoms with Crippen LogP contribution in [-0.2, 0) is 9.53 Å². The van der Waals surface area contributed by atoms with E-state index in [0.29, 0.717) is 23.3 Å². The fraction of sp³-hybridized carbons (Fsp3) is 0.304. The lowest BCUT2D eigenvalue weighted by atomic mass is 10.2. The van der Waals surface area contributed by atoms with Crippen molar-refractivity contribution in [2.24, 2.45) is 0 Å². The van der Waals surface area contributed by atoms with Crippen molar-refractivity contribution in [2.75, 3.05) is 24.7 Å². The van der Waals surface area contributed by atoms with Crippen molar-refractivity contribution >= 4 is 50.3 Å². The molecule has 1 aliphatic rings.